The molecule has 8 heteroatoms. The van der Waals surface area contributed by atoms with Crippen LogP contribution in [0.2, 0.25) is 5.02 Å². The van der Waals surface area contributed by atoms with E-state index in [4.69, 9.17) is 11.6 Å². The summed E-state index contributed by atoms with van der Waals surface area (Å²) in [7, 11) is 0. The molecule has 0 spiro atoms. The van der Waals surface area contributed by atoms with Crippen molar-refractivity contribution in [3.05, 3.63) is 65.1 Å². The van der Waals surface area contributed by atoms with Gasteiger partial charge in [-0.2, -0.15) is 0 Å². The van der Waals surface area contributed by atoms with Crippen molar-refractivity contribution in [2.75, 3.05) is 5.32 Å². The molecule has 0 heterocycles. The van der Waals surface area contributed by atoms with Crippen LogP contribution in [0.4, 0.5) is 11.4 Å². The highest BCUT2D eigenvalue weighted by Gasteiger charge is 2.16. The highest BCUT2D eigenvalue weighted by Crippen LogP contribution is 2.27. The number of benzene rings is 2. The first-order valence-corrected chi connectivity index (χ1v) is 7.84. The Morgan fingerprint density at radius 1 is 1.29 bits per heavy atom. The van der Waals surface area contributed by atoms with Crippen molar-refractivity contribution in [1.82, 2.24) is 0 Å². The van der Waals surface area contributed by atoms with E-state index in [2.05, 4.69) is 43.8 Å². The van der Waals surface area contributed by atoms with Gasteiger partial charge in [0.15, 0.2) is 0 Å². The molecule has 108 valence electrons. The van der Waals surface area contributed by atoms with E-state index in [0.29, 0.717) is 15.2 Å². The Morgan fingerprint density at radius 2 is 2.00 bits per heavy atom. The standard InChI is InChI=1S/C13H7BrClIN2O3/c14-10-3-2-8(18(20)21)6-9(10)13(19)17-12-4-1-7(16)5-11(12)15/h1-6H,(H,17,19). The third-order valence-corrected chi connectivity index (χ3v) is 4.26. The fraction of sp³-hybridized carbons (Fsp3) is 0. The molecular weight excluding hydrogens is 474 g/mol. The minimum Gasteiger partial charge on any atom is -0.321 e. The van der Waals surface area contributed by atoms with Crippen LogP contribution < -0.4 is 5.32 Å². The van der Waals surface area contributed by atoms with Crippen LogP contribution >= 0.6 is 50.1 Å². The molecule has 0 aromatic heterocycles. The van der Waals surface area contributed by atoms with Crippen LogP contribution in [0.3, 0.4) is 0 Å². The second-order valence-electron chi connectivity index (χ2n) is 4.00. The molecule has 0 bridgehead atoms. The summed E-state index contributed by atoms with van der Waals surface area (Å²) in [5.74, 6) is -0.478. The van der Waals surface area contributed by atoms with Crippen molar-refractivity contribution < 1.29 is 9.72 Å². The van der Waals surface area contributed by atoms with E-state index in [9.17, 15) is 14.9 Å². The van der Waals surface area contributed by atoms with Crippen LogP contribution in [0.25, 0.3) is 0 Å². The molecule has 0 saturated heterocycles. The number of carbonyl (C=O) groups excluding carboxylic acids is 1. The average Bonchev–Trinajstić information content (AvgIpc) is 2.42. The number of hydrogen-bond donors (Lipinski definition) is 1. The quantitative estimate of drug-likeness (QED) is 0.386. The van der Waals surface area contributed by atoms with Gasteiger partial charge in [0.05, 0.1) is 21.2 Å². The second-order valence-corrected chi connectivity index (χ2v) is 6.51. The number of carbonyl (C=O) groups is 1. The summed E-state index contributed by atoms with van der Waals surface area (Å²) in [6.45, 7) is 0. The Balaban J connectivity index is 2.32. The molecule has 5 nitrogen and oxygen atoms in total. The van der Waals surface area contributed by atoms with Gasteiger partial charge in [-0.1, -0.05) is 11.6 Å². The number of non-ortho nitro benzene ring substituents is 1. The van der Waals surface area contributed by atoms with Crippen LogP contribution in [-0.2, 0) is 0 Å². The highest BCUT2D eigenvalue weighted by molar-refractivity contribution is 14.1. The molecule has 0 atom stereocenters. The number of anilines is 1. The predicted octanol–water partition coefficient (Wildman–Crippen LogP) is 4.87. The minimum absolute atomic E-state index is 0.156. The number of nitrogens with zero attached hydrogens (tertiary/aromatic N) is 1. The van der Waals surface area contributed by atoms with Gasteiger partial charge in [-0.05, 0) is 62.8 Å². The molecule has 0 unspecified atom stereocenters. The zero-order chi connectivity index (χ0) is 15.6. The molecule has 0 aliphatic heterocycles. The van der Waals surface area contributed by atoms with Crippen molar-refractivity contribution in [3.8, 4) is 0 Å². The van der Waals surface area contributed by atoms with Gasteiger partial charge in [0.2, 0.25) is 0 Å². The van der Waals surface area contributed by atoms with Gasteiger partial charge < -0.3 is 5.32 Å². The normalized spacial score (nSPS) is 10.2. The van der Waals surface area contributed by atoms with E-state index in [-0.39, 0.29) is 11.3 Å². The van der Waals surface area contributed by atoms with Crippen LogP contribution in [0.15, 0.2) is 40.9 Å². The summed E-state index contributed by atoms with van der Waals surface area (Å²) in [5, 5.41) is 13.8. The zero-order valence-electron chi connectivity index (χ0n) is 10.3. The van der Waals surface area contributed by atoms with Crippen molar-refractivity contribution in [2.24, 2.45) is 0 Å². The number of nitro benzene ring substituents is 1. The Hall–Kier alpha value is -1.19. The zero-order valence-corrected chi connectivity index (χ0v) is 14.8. The van der Waals surface area contributed by atoms with Gasteiger partial charge in [0.1, 0.15) is 0 Å². The summed E-state index contributed by atoms with van der Waals surface area (Å²) in [4.78, 5) is 22.4. The summed E-state index contributed by atoms with van der Waals surface area (Å²) >= 11 is 11.4. The van der Waals surface area contributed by atoms with E-state index in [1.807, 2.05) is 0 Å². The van der Waals surface area contributed by atoms with Crippen LogP contribution in [0, 0.1) is 13.7 Å². The first-order valence-electron chi connectivity index (χ1n) is 5.59. The molecule has 0 saturated carbocycles. The molecule has 2 rings (SSSR count). The van der Waals surface area contributed by atoms with Gasteiger partial charge in [0, 0.05) is 20.2 Å². The van der Waals surface area contributed by atoms with Gasteiger partial charge in [-0.15, -0.1) is 0 Å². The second kappa shape index (κ2) is 6.71. The Bertz CT molecular complexity index is 739. The Labute approximate surface area is 147 Å². The Kier molecular flexibility index (Phi) is 5.17. The number of halogens is 3. The molecule has 0 radical (unpaired) electrons. The van der Waals surface area contributed by atoms with E-state index in [1.54, 1.807) is 18.2 Å². The molecular formula is C13H7BrClIN2O3. The van der Waals surface area contributed by atoms with Gasteiger partial charge in [-0.25, -0.2) is 0 Å². The van der Waals surface area contributed by atoms with Crippen molar-refractivity contribution in [1.29, 1.82) is 0 Å². The first kappa shape index (κ1) is 16.2. The monoisotopic (exact) mass is 480 g/mol. The first-order chi connectivity index (χ1) is 9.88. The summed E-state index contributed by atoms with van der Waals surface area (Å²) in [5.41, 5.74) is 0.455. The lowest BCUT2D eigenvalue weighted by atomic mass is 10.2. The molecule has 1 amide bonds. The maximum Gasteiger partial charge on any atom is 0.270 e. The lowest BCUT2D eigenvalue weighted by Crippen LogP contribution is -2.13. The summed E-state index contributed by atoms with van der Waals surface area (Å²) in [6, 6.07) is 9.17. The lowest BCUT2D eigenvalue weighted by molar-refractivity contribution is -0.384. The number of rotatable bonds is 3. The molecule has 0 fully saturated rings. The third kappa shape index (κ3) is 3.92. The van der Waals surface area contributed by atoms with Crippen LogP contribution in [-0.4, -0.2) is 10.8 Å². The number of nitro groups is 1. The SMILES string of the molecule is O=C(Nc1ccc(I)cc1Cl)c1cc([N+](=O)[O-])ccc1Br. The highest BCUT2D eigenvalue weighted by atomic mass is 127. The molecule has 0 aliphatic carbocycles. The third-order valence-electron chi connectivity index (χ3n) is 2.58. The van der Waals surface area contributed by atoms with E-state index in [0.717, 1.165) is 3.57 Å². The number of hydrogen-bond acceptors (Lipinski definition) is 3. The molecule has 2 aromatic carbocycles. The maximum absolute atomic E-state index is 12.2. The van der Waals surface area contributed by atoms with E-state index < -0.39 is 10.8 Å². The number of nitrogens with one attached hydrogen (secondary N) is 1. The van der Waals surface area contributed by atoms with Crippen molar-refractivity contribution in [2.45, 2.75) is 0 Å². The fourth-order valence-electron chi connectivity index (χ4n) is 1.58. The van der Waals surface area contributed by atoms with E-state index >= 15 is 0 Å². The topological polar surface area (TPSA) is 72.2 Å². The molecule has 21 heavy (non-hydrogen) atoms. The fourth-order valence-corrected chi connectivity index (χ4v) is 2.91. The summed E-state index contributed by atoms with van der Waals surface area (Å²) in [6.07, 6.45) is 0. The minimum atomic E-state index is -0.554. The van der Waals surface area contributed by atoms with E-state index in [1.165, 1.54) is 18.2 Å². The van der Waals surface area contributed by atoms with Gasteiger partial charge >= 0.3 is 0 Å². The van der Waals surface area contributed by atoms with Crippen LogP contribution in [0.5, 0.6) is 0 Å². The Morgan fingerprint density at radius 3 is 2.62 bits per heavy atom. The van der Waals surface area contributed by atoms with Crippen LogP contribution in [0.1, 0.15) is 10.4 Å². The number of amides is 1. The van der Waals surface area contributed by atoms with Crippen molar-refractivity contribution in [3.63, 3.8) is 0 Å². The maximum atomic E-state index is 12.2. The average molecular weight is 481 g/mol. The van der Waals surface area contributed by atoms with Crippen molar-refractivity contribution >= 4 is 67.4 Å². The molecule has 1 N–H and O–H groups in total. The predicted molar refractivity (Wildman–Crippen MR) is 92.9 cm³/mol. The largest absolute Gasteiger partial charge is 0.321 e. The smallest absolute Gasteiger partial charge is 0.270 e. The lowest BCUT2D eigenvalue weighted by Gasteiger charge is -2.09. The summed E-state index contributed by atoms with van der Waals surface area (Å²) < 4.78 is 1.40. The molecule has 2 aromatic rings. The molecule has 0 aliphatic rings. The van der Waals surface area contributed by atoms with Gasteiger partial charge in [-0.3, -0.25) is 14.9 Å². The van der Waals surface area contributed by atoms with Gasteiger partial charge in [0.25, 0.3) is 11.6 Å².